The Morgan fingerprint density at radius 2 is 1.90 bits per heavy atom. The van der Waals surface area contributed by atoms with Crippen LogP contribution in [0.3, 0.4) is 0 Å². The molecule has 0 bridgehead atoms. The Hall–Kier alpha value is -1.51. The lowest BCUT2D eigenvalue weighted by Gasteiger charge is -2.13. The fourth-order valence-corrected chi connectivity index (χ4v) is 2.45. The van der Waals surface area contributed by atoms with Crippen molar-refractivity contribution in [3.8, 4) is 11.5 Å². The van der Waals surface area contributed by atoms with Gasteiger partial charge in [0.25, 0.3) is 0 Å². The summed E-state index contributed by atoms with van der Waals surface area (Å²) in [6, 6.07) is 11.4. The molecule has 2 nitrogen and oxygen atoms in total. The van der Waals surface area contributed by atoms with Gasteiger partial charge in [0.05, 0.1) is 11.6 Å². The summed E-state index contributed by atoms with van der Waals surface area (Å²) >= 11 is 6.14. The zero-order valence-corrected chi connectivity index (χ0v) is 12.7. The Kier molecular flexibility index (Phi) is 4.69. The van der Waals surface area contributed by atoms with E-state index in [1.807, 2.05) is 12.1 Å². The molecule has 0 heterocycles. The van der Waals surface area contributed by atoms with Crippen molar-refractivity contribution in [2.75, 3.05) is 0 Å². The molecule has 0 fully saturated rings. The van der Waals surface area contributed by atoms with Gasteiger partial charge in [-0.25, -0.2) is 0 Å². The van der Waals surface area contributed by atoms with Gasteiger partial charge in [-0.05, 0) is 53.8 Å². The Morgan fingerprint density at radius 3 is 2.45 bits per heavy atom. The molecule has 0 aliphatic carbocycles. The molecule has 2 aromatic carbocycles. The van der Waals surface area contributed by atoms with E-state index in [9.17, 15) is 0 Å². The normalized spacial score (nSPS) is 10.9. The molecule has 106 valence electrons. The first-order chi connectivity index (χ1) is 9.51. The maximum atomic E-state index is 9.06. The van der Waals surface area contributed by atoms with E-state index in [1.165, 1.54) is 11.1 Å². The number of aliphatic hydroxyl groups excluding tert-OH is 1. The van der Waals surface area contributed by atoms with Crippen LogP contribution < -0.4 is 4.74 Å². The first kappa shape index (κ1) is 14.9. The molecule has 0 saturated heterocycles. The molecule has 0 aliphatic heterocycles. The number of aryl methyl sites for hydroxylation is 1. The monoisotopic (exact) mass is 290 g/mol. The van der Waals surface area contributed by atoms with Gasteiger partial charge in [-0.15, -0.1) is 0 Å². The second-order valence-corrected chi connectivity index (χ2v) is 5.61. The summed E-state index contributed by atoms with van der Waals surface area (Å²) in [7, 11) is 0. The molecule has 0 aromatic heterocycles. The summed E-state index contributed by atoms with van der Waals surface area (Å²) < 4.78 is 5.81. The second kappa shape index (κ2) is 6.29. The standard InChI is InChI=1S/C17H19ClO2/c1-11(2)15-6-5-14(8-12(15)3)20-17-7-4-13(10-19)9-16(17)18/h4-9,11,19H,10H2,1-3H3. The minimum Gasteiger partial charge on any atom is -0.456 e. The molecule has 1 N–H and O–H groups in total. The van der Waals surface area contributed by atoms with E-state index in [0.29, 0.717) is 16.7 Å². The van der Waals surface area contributed by atoms with E-state index in [-0.39, 0.29) is 6.61 Å². The largest absolute Gasteiger partial charge is 0.456 e. The fraction of sp³-hybridized carbons (Fsp3) is 0.294. The predicted octanol–water partition coefficient (Wildman–Crippen LogP) is 5.06. The minimum atomic E-state index is -0.0256. The van der Waals surface area contributed by atoms with E-state index in [0.717, 1.165) is 11.3 Å². The van der Waals surface area contributed by atoms with Crippen LogP contribution in [-0.4, -0.2) is 5.11 Å². The number of hydrogen-bond acceptors (Lipinski definition) is 2. The van der Waals surface area contributed by atoms with Crippen molar-refractivity contribution in [1.82, 2.24) is 0 Å². The van der Waals surface area contributed by atoms with Crippen LogP contribution in [0.15, 0.2) is 36.4 Å². The van der Waals surface area contributed by atoms with Crippen molar-refractivity contribution in [1.29, 1.82) is 0 Å². The average molecular weight is 291 g/mol. The van der Waals surface area contributed by atoms with Crippen molar-refractivity contribution in [3.05, 3.63) is 58.1 Å². The summed E-state index contributed by atoms with van der Waals surface area (Å²) in [6.07, 6.45) is 0. The number of benzene rings is 2. The Balaban J connectivity index is 2.24. The maximum absolute atomic E-state index is 9.06. The molecule has 3 heteroatoms. The SMILES string of the molecule is Cc1cc(Oc2ccc(CO)cc2Cl)ccc1C(C)C. The second-order valence-electron chi connectivity index (χ2n) is 5.20. The highest BCUT2D eigenvalue weighted by atomic mass is 35.5. The van der Waals surface area contributed by atoms with Crippen LogP contribution in [0.5, 0.6) is 11.5 Å². The zero-order valence-electron chi connectivity index (χ0n) is 12.0. The van der Waals surface area contributed by atoms with Gasteiger partial charge in [-0.1, -0.05) is 37.6 Å². The molecule has 0 radical (unpaired) electrons. The smallest absolute Gasteiger partial charge is 0.146 e. The molecule has 0 saturated carbocycles. The predicted molar refractivity (Wildman–Crippen MR) is 82.7 cm³/mol. The van der Waals surface area contributed by atoms with Crippen LogP contribution in [-0.2, 0) is 6.61 Å². The highest BCUT2D eigenvalue weighted by molar-refractivity contribution is 6.32. The Bertz CT molecular complexity index is 606. The lowest BCUT2D eigenvalue weighted by molar-refractivity contribution is 0.281. The lowest BCUT2D eigenvalue weighted by Crippen LogP contribution is -1.93. The van der Waals surface area contributed by atoms with Crippen molar-refractivity contribution in [3.63, 3.8) is 0 Å². The molecule has 0 aliphatic rings. The third-order valence-electron chi connectivity index (χ3n) is 3.27. The first-order valence-corrected chi connectivity index (χ1v) is 7.06. The van der Waals surface area contributed by atoms with Crippen molar-refractivity contribution >= 4 is 11.6 Å². The van der Waals surface area contributed by atoms with Crippen LogP contribution in [0.4, 0.5) is 0 Å². The molecular formula is C17H19ClO2. The molecule has 2 rings (SSSR count). The fourth-order valence-electron chi connectivity index (χ4n) is 2.21. The quantitative estimate of drug-likeness (QED) is 0.853. The maximum Gasteiger partial charge on any atom is 0.146 e. The highest BCUT2D eigenvalue weighted by Crippen LogP contribution is 2.32. The number of hydrogen-bond donors (Lipinski definition) is 1. The van der Waals surface area contributed by atoms with Crippen LogP contribution in [0.2, 0.25) is 5.02 Å². The van der Waals surface area contributed by atoms with Crippen molar-refractivity contribution in [2.45, 2.75) is 33.3 Å². The van der Waals surface area contributed by atoms with Crippen molar-refractivity contribution in [2.24, 2.45) is 0 Å². The molecule has 20 heavy (non-hydrogen) atoms. The van der Waals surface area contributed by atoms with Gasteiger partial charge in [0.2, 0.25) is 0 Å². The highest BCUT2D eigenvalue weighted by Gasteiger charge is 2.08. The third-order valence-corrected chi connectivity index (χ3v) is 3.57. The summed E-state index contributed by atoms with van der Waals surface area (Å²) in [5, 5.41) is 9.56. The van der Waals surface area contributed by atoms with Gasteiger partial charge in [-0.2, -0.15) is 0 Å². The van der Waals surface area contributed by atoms with Gasteiger partial charge in [0, 0.05) is 0 Å². The minimum absolute atomic E-state index is 0.0256. The van der Waals surface area contributed by atoms with E-state index >= 15 is 0 Å². The van der Waals surface area contributed by atoms with Crippen LogP contribution >= 0.6 is 11.6 Å². The Morgan fingerprint density at radius 1 is 1.15 bits per heavy atom. The Labute approximate surface area is 125 Å². The number of rotatable bonds is 4. The molecule has 0 amide bonds. The van der Waals surface area contributed by atoms with Gasteiger partial charge in [-0.3, -0.25) is 0 Å². The van der Waals surface area contributed by atoms with Gasteiger partial charge < -0.3 is 9.84 Å². The number of ether oxygens (including phenoxy) is 1. The van der Waals surface area contributed by atoms with E-state index < -0.39 is 0 Å². The van der Waals surface area contributed by atoms with Gasteiger partial charge in [0.1, 0.15) is 11.5 Å². The topological polar surface area (TPSA) is 29.5 Å². The number of halogens is 1. The van der Waals surface area contributed by atoms with Gasteiger partial charge in [0.15, 0.2) is 0 Å². The molecule has 0 unspecified atom stereocenters. The molecule has 0 spiro atoms. The van der Waals surface area contributed by atoms with Crippen LogP contribution in [0.1, 0.15) is 36.5 Å². The van der Waals surface area contributed by atoms with E-state index in [2.05, 4.69) is 26.8 Å². The third kappa shape index (κ3) is 3.33. The van der Waals surface area contributed by atoms with Crippen LogP contribution in [0.25, 0.3) is 0 Å². The van der Waals surface area contributed by atoms with Gasteiger partial charge >= 0.3 is 0 Å². The zero-order chi connectivity index (χ0) is 14.7. The first-order valence-electron chi connectivity index (χ1n) is 6.69. The molecule has 2 aromatic rings. The summed E-state index contributed by atoms with van der Waals surface area (Å²) in [4.78, 5) is 0. The van der Waals surface area contributed by atoms with E-state index in [4.69, 9.17) is 21.4 Å². The van der Waals surface area contributed by atoms with Crippen molar-refractivity contribution < 1.29 is 9.84 Å². The lowest BCUT2D eigenvalue weighted by atomic mass is 9.98. The molecular weight excluding hydrogens is 272 g/mol. The average Bonchev–Trinajstić information content (AvgIpc) is 2.40. The van der Waals surface area contributed by atoms with Crippen LogP contribution in [0, 0.1) is 6.92 Å². The molecule has 0 atom stereocenters. The van der Waals surface area contributed by atoms with E-state index in [1.54, 1.807) is 18.2 Å². The number of aliphatic hydroxyl groups is 1. The summed E-state index contributed by atoms with van der Waals surface area (Å²) in [5.41, 5.74) is 3.30. The summed E-state index contributed by atoms with van der Waals surface area (Å²) in [6.45, 7) is 6.40. The summed E-state index contributed by atoms with van der Waals surface area (Å²) in [5.74, 6) is 1.86.